The minimum Gasteiger partial charge on any atom is -0.512 e. The molecule has 0 spiro atoms. The van der Waals surface area contributed by atoms with E-state index in [0.717, 1.165) is 0 Å². The smallest absolute Gasteiger partial charge is 0.512 e. The Morgan fingerprint density at radius 1 is 1.50 bits per heavy atom. The molecule has 0 aromatic carbocycles. The van der Waals surface area contributed by atoms with Gasteiger partial charge >= 0.3 is 1.43 Å². The van der Waals surface area contributed by atoms with Gasteiger partial charge in [0, 0.05) is 11.8 Å². The van der Waals surface area contributed by atoms with Crippen LogP contribution in [0.1, 0.15) is 1.43 Å². The normalized spacial score (nSPS) is 7.75. The molecule has 0 unspecified atom stereocenters. The maximum Gasteiger partial charge on any atom is 1.00 e. The van der Waals surface area contributed by atoms with Gasteiger partial charge in [0.2, 0.25) is 0 Å². The molecule has 0 saturated carbocycles. The van der Waals surface area contributed by atoms with Crippen LogP contribution in [0.2, 0.25) is 0 Å². The van der Waals surface area contributed by atoms with E-state index in [9.17, 15) is 0 Å². The first-order valence-corrected chi connectivity index (χ1v) is 2.90. The lowest BCUT2D eigenvalue weighted by Gasteiger charge is -1.94. The van der Waals surface area contributed by atoms with Gasteiger partial charge in [-0.2, -0.15) is 0 Å². The van der Waals surface area contributed by atoms with E-state index >= 15 is 0 Å². The van der Waals surface area contributed by atoms with Crippen molar-refractivity contribution in [1.29, 1.82) is 5.26 Å². The number of aliphatic hydroxyl groups is 1. The fraction of sp³-hybridized carbons (Fsp3) is 0.750. The highest BCUT2D eigenvalue weighted by atomic mass is 35.5. The molecular formula is C4H7Cl2NO. The zero-order chi connectivity index (χ0) is 6.99. The predicted molar refractivity (Wildman–Crippen MR) is 33.5 cm³/mol. The van der Waals surface area contributed by atoms with Crippen molar-refractivity contribution >= 4 is 23.2 Å². The molecule has 0 bridgehead atoms. The van der Waals surface area contributed by atoms with Gasteiger partial charge in [-0.25, -0.2) is 0 Å². The highest BCUT2D eigenvalue weighted by molar-refractivity contribution is 6.21. The summed E-state index contributed by atoms with van der Waals surface area (Å²) in [4.78, 5) is 0. The molecule has 0 radical (unpaired) electrons. The van der Waals surface area contributed by atoms with Crippen LogP contribution in [0.25, 0.3) is 0 Å². The third-order valence-electron chi connectivity index (χ3n) is 0.356. The number of halogens is 2. The summed E-state index contributed by atoms with van der Waals surface area (Å²) in [7, 11) is 0. The number of rotatable bonds is 2. The second-order valence-electron chi connectivity index (χ2n) is 0.962. The van der Waals surface area contributed by atoms with Crippen LogP contribution in [0, 0.1) is 11.8 Å². The number of nitrogens with zero attached hydrogens (tertiary/aromatic N) is 1. The van der Waals surface area contributed by atoms with Gasteiger partial charge in [0.15, 0.2) is 0 Å². The van der Waals surface area contributed by atoms with E-state index in [2.05, 4.69) is 0 Å². The van der Waals surface area contributed by atoms with E-state index in [0.29, 0.717) is 0 Å². The molecule has 0 atom stereocenters. The molecule has 4 heteroatoms. The molecule has 0 aromatic rings. The topological polar surface area (TPSA) is 44.0 Å². The van der Waals surface area contributed by atoms with Gasteiger partial charge in [-0.05, 0) is 0 Å². The van der Waals surface area contributed by atoms with Crippen LogP contribution in [0.3, 0.4) is 0 Å². The van der Waals surface area contributed by atoms with E-state index < -0.39 is 6.10 Å². The average Bonchev–Trinajstić information content (AvgIpc) is 1.91. The van der Waals surface area contributed by atoms with E-state index in [4.69, 9.17) is 40.1 Å². The Hall–Kier alpha value is 0.0300. The maximum absolute atomic E-state index is 8.40. The van der Waals surface area contributed by atoms with Crippen molar-refractivity contribution < 1.29 is 6.53 Å². The lowest BCUT2D eigenvalue weighted by atomic mass is 10.5. The highest BCUT2D eigenvalue weighted by Crippen LogP contribution is 1.88. The Morgan fingerprint density at radius 2 is 1.75 bits per heavy atom. The number of alkyl halides is 2. The number of hydrogen-bond donors (Lipinski definition) is 1. The van der Waals surface area contributed by atoms with Crippen molar-refractivity contribution in [2.45, 2.75) is 6.10 Å². The molecule has 1 N–H and O–H groups in total. The largest absolute Gasteiger partial charge is 1.00 e. The molecule has 48 valence electrons. The van der Waals surface area contributed by atoms with Gasteiger partial charge in [0.25, 0.3) is 0 Å². The molecule has 0 heterocycles. The summed E-state index contributed by atoms with van der Waals surface area (Å²) >= 11 is 10.2. The van der Waals surface area contributed by atoms with Crippen molar-refractivity contribution in [2.24, 2.45) is 0 Å². The van der Waals surface area contributed by atoms with Crippen LogP contribution in [-0.2, 0) is 0 Å². The number of aliphatic hydroxyl groups excluding tert-OH is 1. The SMILES string of the molecule is OC(CCl)CCl.[C-]#N.[H+]. The molecular weight excluding hydrogens is 149 g/mol. The summed E-state index contributed by atoms with van der Waals surface area (Å²) in [5, 5.41) is 14.7. The lowest BCUT2D eigenvalue weighted by Crippen LogP contribution is -2.08. The molecule has 0 rings (SSSR count). The van der Waals surface area contributed by atoms with Crippen molar-refractivity contribution in [3.63, 3.8) is 0 Å². The summed E-state index contributed by atoms with van der Waals surface area (Å²) in [5.74, 6) is 0.451. The summed E-state index contributed by atoms with van der Waals surface area (Å²) in [6.45, 7) is 4.75. The van der Waals surface area contributed by atoms with Crippen LogP contribution >= 0.6 is 23.2 Å². The minimum absolute atomic E-state index is 0. The van der Waals surface area contributed by atoms with Crippen LogP contribution in [0.4, 0.5) is 0 Å². The monoisotopic (exact) mass is 155 g/mol. The van der Waals surface area contributed by atoms with Crippen LogP contribution in [-0.4, -0.2) is 23.0 Å². The Bertz CT molecular complexity index is 57.8. The second kappa shape index (κ2) is 10.1. The van der Waals surface area contributed by atoms with E-state index in [1.807, 2.05) is 0 Å². The molecule has 0 aromatic heterocycles. The van der Waals surface area contributed by atoms with Crippen LogP contribution in [0.15, 0.2) is 0 Å². The van der Waals surface area contributed by atoms with Crippen molar-refractivity contribution in [3.8, 4) is 0 Å². The van der Waals surface area contributed by atoms with Crippen molar-refractivity contribution in [3.05, 3.63) is 6.57 Å². The Morgan fingerprint density at radius 3 is 1.75 bits per heavy atom. The molecule has 0 fully saturated rings. The Labute approximate surface area is 60.1 Å². The minimum atomic E-state index is -0.534. The molecule has 2 nitrogen and oxygen atoms in total. The zero-order valence-electron chi connectivity index (χ0n) is 5.14. The first kappa shape index (κ1) is 10.9. The van der Waals surface area contributed by atoms with Crippen LogP contribution < -0.4 is 0 Å². The molecule has 0 amide bonds. The van der Waals surface area contributed by atoms with Gasteiger partial charge < -0.3 is 16.9 Å². The van der Waals surface area contributed by atoms with Gasteiger partial charge in [0.1, 0.15) is 0 Å². The van der Waals surface area contributed by atoms with Crippen molar-refractivity contribution in [2.75, 3.05) is 11.8 Å². The molecule has 0 saturated heterocycles. The maximum atomic E-state index is 8.40. The zero-order valence-corrected chi connectivity index (χ0v) is 5.65. The Kier molecular flexibility index (Phi) is 13.8. The second-order valence-corrected chi connectivity index (χ2v) is 1.58. The third-order valence-corrected chi connectivity index (χ3v) is 1.07. The van der Waals surface area contributed by atoms with E-state index in [1.165, 1.54) is 0 Å². The standard InChI is InChI=1S/C3H6Cl2O.CN/c4-1-3(6)2-5;1-2/h3,6H,1-2H2;/q;-1/p+1. The Balaban J connectivity index is -0.000000109. The third kappa shape index (κ3) is 9.39. The van der Waals surface area contributed by atoms with Gasteiger partial charge in [-0.15, -0.1) is 23.2 Å². The first-order chi connectivity index (χ1) is 3.81. The van der Waals surface area contributed by atoms with Gasteiger partial charge in [0.05, 0.1) is 6.10 Å². The predicted octanol–water partition coefficient (Wildman–Crippen LogP) is 1.03. The van der Waals surface area contributed by atoms with Crippen molar-refractivity contribution in [1.82, 2.24) is 0 Å². The summed E-state index contributed by atoms with van der Waals surface area (Å²) in [6.07, 6.45) is -0.534. The van der Waals surface area contributed by atoms with Gasteiger partial charge in [-0.3, -0.25) is 0 Å². The van der Waals surface area contributed by atoms with E-state index in [-0.39, 0.29) is 13.2 Å². The van der Waals surface area contributed by atoms with E-state index in [1.54, 1.807) is 0 Å². The highest BCUT2D eigenvalue weighted by Gasteiger charge is 1.94. The quantitative estimate of drug-likeness (QED) is 0.479. The fourth-order valence-electron chi connectivity index (χ4n) is 0.0412. The molecule has 0 aliphatic rings. The summed E-state index contributed by atoms with van der Waals surface area (Å²) < 4.78 is 0. The molecule has 0 aliphatic carbocycles. The molecule has 0 aliphatic heterocycles. The summed E-state index contributed by atoms with van der Waals surface area (Å²) in [5.41, 5.74) is 0. The van der Waals surface area contributed by atoms with Gasteiger partial charge in [-0.1, -0.05) is 0 Å². The van der Waals surface area contributed by atoms with Crippen LogP contribution in [0.5, 0.6) is 0 Å². The summed E-state index contributed by atoms with van der Waals surface area (Å²) in [6, 6.07) is 0. The first-order valence-electron chi connectivity index (χ1n) is 1.83. The fourth-order valence-corrected chi connectivity index (χ4v) is 0.371. The lowest BCUT2D eigenvalue weighted by molar-refractivity contribution is 0.222. The number of hydrogen-bond acceptors (Lipinski definition) is 2. The average molecular weight is 156 g/mol. The molecule has 8 heavy (non-hydrogen) atoms.